The molecule has 0 aliphatic carbocycles. The third-order valence-corrected chi connectivity index (χ3v) is 3.19. The Labute approximate surface area is 130 Å². The third kappa shape index (κ3) is 6.97. The lowest BCUT2D eigenvalue weighted by molar-refractivity contribution is 0.0688. The number of hydroxylamine groups is 1. The quantitative estimate of drug-likeness (QED) is 0.457. The maximum atomic E-state index is 11.5. The number of hydrogen-bond donors (Lipinski definition) is 3. The summed E-state index contributed by atoms with van der Waals surface area (Å²) in [6.07, 6.45) is 6.89. The number of para-hydroxylation sites is 1. The minimum Gasteiger partial charge on any atom is -0.478 e. The van der Waals surface area contributed by atoms with Gasteiger partial charge in [0.25, 0.3) is 0 Å². The summed E-state index contributed by atoms with van der Waals surface area (Å²) in [6.45, 7) is 2.75. The zero-order valence-electron chi connectivity index (χ0n) is 12.9. The van der Waals surface area contributed by atoms with Gasteiger partial charge in [-0.05, 0) is 18.6 Å². The van der Waals surface area contributed by atoms with E-state index in [4.69, 9.17) is 9.94 Å². The van der Waals surface area contributed by atoms with Crippen LogP contribution in [0.15, 0.2) is 24.3 Å². The van der Waals surface area contributed by atoms with Crippen LogP contribution in [0.4, 0.5) is 4.79 Å². The largest absolute Gasteiger partial charge is 0.478 e. The van der Waals surface area contributed by atoms with Crippen molar-refractivity contribution in [2.45, 2.75) is 45.4 Å². The van der Waals surface area contributed by atoms with Crippen LogP contribution in [0.1, 0.15) is 55.8 Å². The maximum absolute atomic E-state index is 11.5. The summed E-state index contributed by atoms with van der Waals surface area (Å²) >= 11 is 0. The fourth-order valence-electron chi connectivity index (χ4n) is 1.98. The van der Waals surface area contributed by atoms with Gasteiger partial charge < -0.3 is 15.3 Å². The van der Waals surface area contributed by atoms with Gasteiger partial charge in [0.05, 0.1) is 0 Å². The summed E-state index contributed by atoms with van der Waals surface area (Å²) in [4.78, 5) is 27.5. The van der Waals surface area contributed by atoms with Crippen LogP contribution in [-0.4, -0.2) is 23.7 Å². The minimum absolute atomic E-state index is 0.00118. The standard InChI is InChI=1S/C16H24N2O4/c1-2-3-4-5-6-9-12-17-16(21)18-22-14-11-8-7-10-13(14)15(19)20/h7-8,10-11H,2-6,9,12H2,1H3,(H,19,20)(H2,17,18,21). The molecule has 0 aliphatic rings. The van der Waals surface area contributed by atoms with E-state index < -0.39 is 12.0 Å². The van der Waals surface area contributed by atoms with E-state index >= 15 is 0 Å². The van der Waals surface area contributed by atoms with Crippen LogP contribution in [-0.2, 0) is 0 Å². The van der Waals surface area contributed by atoms with Gasteiger partial charge in [0.15, 0.2) is 5.75 Å². The zero-order valence-corrected chi connectivity index (χ0v) is 12.9. The average molecular weight is 308 g/mol. The highest BCUT2D eigenvalue weighted by molar-refractivity contribution is 5.90. The number of rotatable bonds is 10. The van der Waals surface area contributed by atoms with Crippen LogP contribution in [0.3, 0.4) is 0 Å². The van der Waals surface area contributed by atoms with Gasteiger partial charge in [-0.2, -0.15) is 5.48 Å². The first-order chi connectivity index (χ1) is 10.6. The number of nitrogens with one attached hydrogen (secondary N) is 2. The van der Waals surface area contributed by atoms with Crippen LogP contribution < -0.4 is 15.6 Å². The molecule has 0 saturated carbocycles. The molecule has 0 bridgehead atoms. The summed E-state index contributed by atoms with van der Waals surface area (Å²) < 4.78 is 0. The second-order valence-corrected chi connectivity index (χ2v) is 5.03. The number of carboxylic acids is 1. The van der Waals surface area contributed by atoms with Crippen molar-refractivity contribution < 1.29 is 19.5 Å². The smallest absolute Gasteiger partial charge is 0.347 e. The Bertz CT molecular complexity index is 477. The molecule has 0 spiro atoms. The highest BCUT2D eigenvalue weighted by atomic mass is 16.7. The molecule has 1 aromatic carbocycles. The lowest BCUT2D eigenvalue weighted by atomic mass is 10.1. The summed E-state index contributed by atoms with van der Waals surface area (Å²) in [5.74, 6) is -1.00. The molecule has 122 valence electrons. The number of aromatic carboxylic acids is 1. The average Bonchev–Trinajstić information content (AvgIpc) is 2.52. The van der Waals surface area contributed by atoms with Crippen molar-refractivity contribution in [2.75, 3.05) is 6.54 Å². The first kappa shape index (κ1) is 17.8. The lowest BCUT2D eigenvalue weighted by Gasteiger charge is -2.10. The van der Waals surface area contributed by atoms with E-state index in [2.05, 4.69) is 17.7 Å². The Morgan fingerprint density at radius 3 is 2.50 bits per heavy atom. The Balaban J connectivity index is 2.20. The van der Waals surface area contributed by atoms with E-state index in [1.54, 1.807) is 12.1 Å². The highest BCUT2D eigenvalue weighted by Crippen LogP contribution is 2.16. The molecule has 0 heterocycles. The van der Waals surface area contributed by atoms with E-state index in [-0.39, 0.29) is 11.3 Å². The second kappa shape index (κ2) is 10.5. The second-order valence-electron chi connectivity index (χ2n) is 5.03. The van der Waals surface area contributed by atoms with Crippen molar-refractivity contribution in [3.8, 4) is 5.75 Å². The molecule has 6 nitrogen and oxygen atoms in total. The van der Waals surface area contributed by atoms with Crippen molar-refractivity contribution in [1.29, 1.82) is 0 Å². The number of urea groups is 1. The Morgan fingerprint density at radius 1 is 1.09 bits per heavy atom. The number of carboxylic acid groups (broad SMARTS) is 1. The van der Waals surface area contributed by atoms with Gasteiger partial charge in [-0.3, -0.25) is 0 Å². The molecule has 0 saturated heterocycles. The van der Waals surface area contributed by atoms with Crippen LogP contribution in [0.25, 0.3) is 0 Å². The molecular weight excluding hydrogens is 284 g/mol. The third-order valence-electron chi connectivity index (χ3n) is 3.19. The molecule has 0 unspecified atom stereocenters. The number of unbranched alkanes of at least 4 members (excludes halogenated alkanes) is 5. The van der Waals surface area contributed by atoms with Gasteiger partial charge >= 0.3 is 12.0 Å². The number of benzene rings is 1. The predicted molar refractivity (Wildman–Crippen MR) is 83.9 cm³/mol. The van der Waals surface area contributed by atoms with Gasteiger partial charge in [0, 0.05) is 6.54 Å². The number of amides is 2. The van der Waals surface area contributed by atoms with Gasteiger partial charge in [-0.1, -0.05) is 51.2 Å². The molecule has 0 atom stereocenters. The monoisotopic (exact) mass is 308 g/mol. The SMILES string of the molecule is CCCCCCCCNC(=O)NOc1ccccc1C(=O)O. The van der Waals surface area contributed by atoms with E-state index in [9.17, 15) is 9.59 Å². The van der Waals surface area contributed by atoms with Crippen LogP contribution >= 0.6 is 0 Å². The van der Waals surface area contributed by atoms with E-state index in [1.165, 1.54) is 37.8 Å². The van der Waals surface area contributed by atoms with E-state index in [0.717, 1.165) is 12.8 Å². The van der Waals surface area contributed by atoms with Gasteiger partial charge in [0.1, 0.15) is 5.56 Å². The molecule has 0 aromatic heterocycles. The molecule has 1 aromatic rings. The van der Waals surface area contributed by atoms with Gasteiger partial charge in [0.2, 0.25) is 0 Å². The van der Waals surface area contributed by atoms with E-state index in [1.807, 2.05) is 0 Å². The van der Waals surface area contributed by atoms with Crippen LogP contribution in [0.2, 0.25) is 0 Å². The Morgan fingerprint density at radius 2 is 1.77 bits per heavy atom. The molecule has 0 radical (unpaired) electrons. The molecule has 22 heavy (non-hydrogen) atoms. The molecule has 2 amide bonds. The van der Waals surface area contributed by atoms with Gasteiger partial charge in [-0.15, -0.1) is 0 Å². The van der Waals surface area contributed by atoms with Crippen molar-refractivity contribution in [3.63, 3.8) is 0 Å². The summed E-state index contributed by atoms with van der Waals surface area (Å²) in [6, 6.07) is 5.64. The molecule has 6 heteroatoms. The summed E-state index contributed by atoms with van der Waals surface area (Å²) in [7, 11) is 0. The molecular formula is C16H24N2O4. The fourth-order valence-corrected chi connectivity index (χ4v) is 1.98. The van der Waals surface area contributed by atoms with Crippen molar-refractivity contribution >= 4 is 12.0 Å². The zero-order chi connectivity index (χ0) is 16.2. The molecule has 0 aliphatic heterocycles. The maximum Gasteiger partial charge on any atom is 0.347 e. The van der Waals surface area contributed by atoms with Crippen molar-refractivity contribution in [2.24, 2.45) is 0 Å². The first-order valence-electron chi connectivity index (χ1n) is 7.68. The minimum atomic E-state index is -1.11. The van der Waals surface area contributed by atoms with Crippen molar-refractivity contribution in [3.05, 3.63) is 29.8 Å². The Hall–Kier alpha value is -2.24. The fraction of sp³-hybridized carbons (Fsp3) is 0.500. The number of carbonyl (C=O) groups is 2. The molecule has 0 fully saturated rings. The van der Waals surface area contributed by atoms with Crippen LogP contribution in [0.5, 0.6) is 5.75 Å². The van der Waals surface area contributed by atoms with Crippen LogP contribution in [0, 0.1) is 0 Å². The number of carbonyl (C=O) groups excluding carboxylic acids is 1. The lowest BCUT2D eigenvalue weighted by Crippen LogP contribution is -2.38. The normalized spacial score (nSPS) is 10.0. The number of hydrogen-bond acceptors (Lipinski definition) is 3. The highest BCUT2D eigenvalue weighted by Gasteiger charge is 2.11. The topological polar surface area (TPSA) is 87.7 Å². The Kier molecular flexibility index (Phi) is 8.49. The molecule has 3 N–H and O–H groups in total. The predicted octanol–water partition coefficient (Wildman–Crippen LogP) is 3.34. The van der Waals surface area contributed by atoms with Crippen molar-refractivity contribution in [1.82, 2.24) is 10.8 Å². The first-order valence-corrected chi connectivity index (χ1v) is 7.68. The summed E-state index contributed by atoms with van der Waals surface area (Å²) in [5.41, 5.74) is 2.19. The summed E-state index contributed by atoms with van der Waals surface area (Å²) in [5, 5.41) is 11.7. The van der Waals surface area contributed by atoms with Gasteiger partial charge in [-0.25, -0.2) is 9.59 Å². The molecule has 1 rings (SSSR count). The van der Waals surface area contributed by atoms with E-state index in [0.29, 0.717) is 6.54 Å².